The zero-order chi connectivity index (χ0) is 30.5. The number of carbonyl (C=O) groups excluding carboxylic acids is 1. The Morgan fingerprint density at radius 1 is 0.833 bits per heavy atom. The van der Waals surface area contributed by atoms with Crippen molar-refractivity contribution in [1.29, 1.82) is 0 Å². The number of fused-ring (bicyclic) bond motifs is 1. The quantitative estimate of drug-likeness (QED) is 0.158. The first-order valence-corrected chi connectivity index (χ1v) is 13.1. The number of hydrogen-bond acceptors (Lipinski definition) is 15. The molecule has 0 radical (unpaired) electrons. The molecule has 2 aromatic rings. The third-order valence-corrected chi connectivity index (χ3v) is 7.43. The molecular weight excluding hydrogens is 564 g/mol. The molecule has 11 atom stereocenters. The predicted molar refractivity (Wildman–Crippen MR) is 136 cm³/mol. The molecule has 0 bridgehead atoms. The number of aromatic hydroxyl groups is 1. The van der Waals surface area contributed by atoms with Crippen LogP contribution in [0.1, 0.15) is 22.8 Å². The number of Topliss-reactive ketones (excluding diaryl/α,β-unsaturated/α-hetero) is 1. The summed E-state index contributed by atoms with van der Waals surface area (Å²) in [6, 6.07) is 8.01. The Bertz CT molecular complexity index is 1290. The van der Waals surface area contributed by atoms with Crippen LogP contribution < -0.4 is 14.2 Å². The van der Waals surface area contributed by atoms with E-state index in [1.54, 1.807) is 0 Å². The van der Waals surface area contributed by atoms with Crippen molar-refractivity contribution in [3.05, 3.63) is 47.5 Å². The minimum Gasteiger partial charge on any atom is -0.508 e. The summed E-state index contributed by atoms with van der Waals surface area (Å²) in [5.74, 6) is -4.19. The van der Waals surface area contributed by atoms with Gasteiger partial charge in [0.15, 0.2) is 0 Å². The number of benzene rings is 2. The molecule has 3 aliphatic heterocycles. The molecule has 5 rings (SSSR count). The van der Waals surface area contributed by atoms with Gasteiger partial charge in [0, 0.05) is 18.6 Å². The first kappa shape index (κ1) is 30.4. The van der Waals surface area contributed by atoms with Crippen molar-refractivity contribution in [2.75, 3.05) is 6.61 Å². The van der Waals surface area contributed by atoms with Crippen molar-refractivity contribution < 1.29 is 74.4 Å². The fourth-order valence-electron chi connectivity index (χ4n) is 5.01. The molecule has 230 valence electrons. The normalized spacial score (nSPS) is 38.1. The summed E-state index contributed by atoms with van der Waals surface area (Å²) < 4.78 is 27.4. The van der Waals surface area contributed by atoms with Crippen molar-refractivity contribution in [1.82, 2.24) is 0 Å². The summed E-state index contributed by atoms with van der Waals surface area (Å²) in [4.78, 5) is 13.4. The van der Waals surface area contributed by atoms with Gasteiger partial charge in [-0.2, -0.15) is 0 Å². The average Bonchev–Trinajstić information content (AvgIpc) is 3.20. The summed E-state index contributed by atoms with van der Waals surface area (Å²) >= 11 is 0. The van der Waals surface area contributed by atoms with Gasteiger partial charge in [-0.25, -0.2) is 0 Å². The van der Waals surface area contributed by atoms with Gasteiger partial charge in [-0.05, 0) is 24.6 Å². The van der Waals surface area contributed by atoms with Crippen LogP contribution in [0.3, 0.4) is 0 Å². The van der Waals surface area contributed by atoms with Crippen LogP contribution >= 0.6 is 0 Å². The van der Waals surface area contributed by atoms with Gasteiger partial charge in [-0.15, -0.1) is 0 Å². The largest absolute Gasteiger partial charge is 0.508 e. The summed E-state index contributed by atoms with van der Waals surface area (Å²) in [5.41, 5.74) is 0.117. The van der Waals surface area contributed by atoms with Crippen molar-refractivity contribution >= 4 is 5.78 Å². The number of hydrogen-bond donors (Lipinski definition) is 9. The number of carbonyl (C=O) groups is 1. The molecule has 0 aromatic heterocycles. The van der Waals surface area contributed by atoms with Gasteiger partial charge in [0.25, 0.3) is 5.79 Å². The van der Waals surface area contributed by atoms with Gasteiger partial charge in [0.05, 0.1) is 12.7 Å². The van der Waals surface area contributed by atoms with Crippen LogP contribution in [0.15, 0.2) is 36.4 Å². The maximum absolute atomic E-state index is 13.4. The molecule has 2 aromatic carbocycles. The SMILES string of the molecule is C[C@H]1O[C@H](Oc2ccc(CC3(O)Oc4cc(O)cc(O[C@@H]5O[C@H](CO)[C@@H](O)[C@H](O)[C@H]5O)c4C3=O)cc2)[C@H](O)[C@@H](O)[C@H]1O. The summed E-state index contributed by atoms with van der Waals surface area (Å²) in [6.45, 7) is 0.795. The maximum atomic E-state index is 13.4. The van der Waals surface area contributed by atoms with Crippen LogP contribution in [-0.4, -0.2) is 126 Å². The minimum atomic E-state index is -2.44. The highest BCUT2D eigenvalue weighted by atomic mass is 16.7. The number of aliphatic hydroxyl groups excluding tert-OH is 7. The highest BCUT2D eigenvalue weighted by Gasteiger charge is 2.50. The standard InChI is InChI=1S/C27H32O15/c1-10-18(30)20(32)22(34)25(38-10)39-13-4-2-11(3-5-13)8-27(37)24(36)17-14(6-12(29)7-15(17)42-27)40-26-23(35)21(33)19(31)16(9-28)41-26/h2-7,10,16,18-23,25-26,28-35,37H,8-9H2,1H3/t10-,16-,18+,19-,20+,21+,22-,23-,25-,26-,27?/m1/s1. The topological polar surface area (TPSA) is 245 Å². The van der Waals surface area contributed by atoms with E-state index in [1.165, 1.54) is 31.2 Å². The monoisotopic (exact) mass is 596 g/mol. The van der Waals surface area contributed by atoms with Gasteiger partial charge in [-0.3, -0.25) is 4.79 Å². The second-order valence-corrected chi connectivity index (χ2v) is 10.5. The Kier molecular flexibility index (Phi) is 8.34. The number of rotatable bonds is 7. The third kappa shape index (κ3) is 5.51. The predicted octanol–water partition coefficient (Wildman–Crippen LogP) is -2.72. The van der Waals surface area contributed by atoms with E-state index in [0.29, 0.717) is 5.56 Å². The van der Waals surface area contributed by atoms with Gasteiger partial charge in [0.1, 0.15) is 71.3 Å². The van der Waals surface area contributed by atoms with Crippen LogP contribution in [0.25, 0.3) is 0 Å². The summed E-state index contributed by atoms with van der Waals surface area (Å²) in [6.07, 6.45) is -14.9. The van der Waals surface area contributed by atoms with E-state index >= 15 is 0 Å². The average molecular weight is 597 g/mol. The Morgan fingerprint density at radius 2 is 1.45 bits per heavy atom. The van der Waals surface area contributed by atoms with E-state index in [9.17, 15) is 50.8 Å². The van der Waals surface area contributed by atoms with Crippen LogP contribution in [0.2, 0.25) is 0 Å². The molecule has 2 fully saturated rings. The lowest BCUT2D eigenvalue weighted by atomic mass is 9.97. The third-order valence-electron chi connectivity index (χ3n) is 7.43. The van der Waals surface area contributed by atoms with Crippen molar-refractivity contribution in [2.45, 2.75) is 80.5 Å². The smallest absolute Gasteiger partial charge is 0.277 e. The molecule has 3 aliphatic rings. The van der Waals surface area contributed by atoms with Crippen molar-refractivity contribution in [3.63, 3.8) is 0 Å². The lowest BCUT2D eigenvalue weighted by molar-refractivity contribution is -0.277. The molecule has 0 aliphatic carbocycles. The fourth-order valence-corrected chi connectivity index (χ4v) is 5.01. The molecule has 3 heterocycles. The number of ether oxygens (including phenoxy) is 5. The summed E-state index contributed by atoms with van der Waals surface area (Å²) in [7, 11) is 0. The number of ketones is 1. The lowest BCUT2D eigenvalue weighted by Crippen LogP contribution is -2.60. The van der Waals surface area contributed by atoms with Crippen LogP contribution in [-0.2, 0) is 15.9 Å². The van der Waals surface area contributed by atoms with Crippen molar-refractivity contribution in [3.8, 4) is 23.0 Å². The first-order chi connectivity index (χ1) is 19.8. The van der Waals surface area contributed by atoms with E-state index < -0.39 is 85.3 Å². The number of phenols is 1. The van der Waals surface area contributed by atoms with Gasteiger partial charge < -0.3 is 69.6 Å². The maximum Gasteiger partial charge on any atom is 0.277 e. The summed E-state index contributed by atoms with van der Waals surface area (Å²) in [5, 5.41) is 91.1. The molecule has 42 heavy (non-hydrogen) atoms. The highest BCUT2D eigenvalue weighted by molar-refractivity contribution is 6.09. The molecule has 1 unspecified atom stereocenters. The molecular formula is C27H32O15. The molecule has 9 N–H and O–H groups in total. The molecule has 0 saturated carbocycles. The zero-order valence-corrected chi connectivity index (χ0v) is 22.1. The lowest BCUT2D eigenvalue weighted by Gasteiger charge is -2.39. The van der Waals surface area contributed by atoms with Gasteiger partial charge in [0.2, 0.25) is 18.4 Å². The second-order valence-electron chi connectivity index (χ2n) is 10.5. The van der Waals surface area contributed by atoms with E-state index in [-0.39, 0.29) is 29.2 Å². The van der Waals surface area contributed by atoms with Crippen LogP contribution in [0.4, 0.5) is 0 Å². The van der Waals surface area contributed by atoms with Crippen molar-refractivity contribution in [2.24, 2.45) is 0 Å². The van der Waals surface area contributed by atoms with Crippen LogP contribution in [0.5, 0.6) is 23.0 Å². The Hall–Kier alpha value is -3.09. The van der Waals surface area contributed by atoms with Gasteiger partial charge >= 0.3 is 0 Å². The minimum absolute atomic E-state index is 0.215. The van der Waals surface area contributed by atoms with E-state index in [1.807, 2.05) is 0 Å². The molecule has 15 nitrogen and oxygen atoms in total. The van der Waals surface area contributed by atoms with E-state index in [0.717, 1.165) is 12.1 Å². The fraction of sp³-hybridized carbons (Fsp3) is 0.519. The zero-order valence-electron chi connectivity index (χ0n) is 22.1. The Labute approximate surface area is 238 Å². The van der Waals surface area contributed by atoms with Crippen LogP contribution in [0, 0.1) is 0 Å². The highest BCUT2D eigenvalue weighted by Crippen LogP contribution is 2.44. The Balaban J connectivity index is 1.30. The first-order valence-electron chi connectivity index (χ1n) is 13.1. The molecule has 0 amide bonds. The van der Waals surface area contributed by atoms with E-state index in [2.05, 4.69) is 0 Å². The second kappa shape index (κ2) is 11.5. The molecule has 2 saturated heterocycles. The molecule has 15 heteroatoms. The van der Waals surface area contributed by atoms with Gasteiger partial charge in [-0.1, -0.05) is 12.1 Å². The molecule has 0 spiro atoms. The number of aliphatic hydroxyl groups is 8. The number of phenolic OH excluding ortho intramolecular Hbond substituents is 1. The Morgan fingerprint density at radius 3 is 2.10 bits per heavy atom. The van der Waals surface area contributed by atoms with E-state index in [4.69, 9.17) is 23.7 Å².